The van der Waals surface area contributed by atoms with E-state index in [0.29, 0.717) is 6.29 Å². The Balaban J connectivity index is 2.98. The summed E-state index contributed by atoms with van der Waals surface area (Å²) in [5, 5.41) is 1.27. The third-order valence-corrected chi connectivity index (χ3v) is 1.84. The van der Waals surface area contributed by atoms with E-state index in [1.165, 1.54) is 5.38 Å². The van der Waals surface area contributed by atoms with E-state index >= 15 is 0 Å². The van der Waals surface area contributed by atoms with Crippen LogP contribution in [0.4, 0.5) is 8.78 Å². The zero-order chi connectivity index (χ0) is 8.48. The van der Waals surface area contributed by atoms with Crippen LogP contribution in [0.3, 0.4) is 0 Å². The summed E-state index contributed by atoms with van der Waals surface area (Å²) in [5.74, 6) is -2.95. The highest BCUT2D eigenvalue weighted by Gasteiger charge is 2.27. The Morgan fingerprint density at radius 1 is 1.73 bits per heavy atom. The number of nitrogens with zero attached hydrogens (tertiary/aromatic N) is 1. The van der Waals surface area contributed by atoms with Crippen LogP contribution in [0, 0.1) is 0 Å². The van der Waals surface area contributed by atoms with Gasteiger partial charge in [-0.15, -0.1) is 11.3 Å². The molecule has 0 unspecified atom stereocenters. The second-order valence-corrected chi connectivity index (χ2v) is 2.97. The van der Waals surface area contributed by atoms with Crippen molar-refractivity contribution < 1.29 is 13.6 Å². The summed E-state index contributed by atoms with van der Waals surface area (Å²) >= 11 is 0.917. The largest absolute Gasteiger partial charge is 0.295 e. The predicted octanol–water partition coefficient (Wildman–Crippen LogP) is 2.07. The number of aldehydes is 1. The molecule has 0 aliphatic heterocycles. The van der Waals surface area contributed by atoms with Crippen molar-refractivity contribution in [2.45, 2.75) is 12.8 Å². The van der Waals surface area contributed by atoms with Gasteiger partial charge in [-0.2, -0.15) is 8.78 Å². The van der Waals surface area contributed by atoms with Gasteiger partial charge in [-0.3, -0.25) is 4.79 Å². The highest BCUT2D eigenvalue weighted by atomic mass is 32.1. The van der Waals surface area contributed by atoms with Gasteiger partial charge < -0.3 is 0 Å². The smallest absolute Gasteiger partial charge is 0.287 e. The fourth-order valence-corrected chi connectivity index (χ4v) is 1.24. The topological polar surface area (TPSA) is 30.0 Å². The average molecular weight is 177 g/mol. The number of carbonyl (C=O) groups excluding carboxylic acids is 1. The van der Waals surface area contributed by atoms with Crippen LogP contribution in [-0.4, -0.2) is 11.3 Å². The molecule has 0 N–H and O–H groups in total. The predicted molar refractivity (Wildman–Crippen MR) is 37.1 cm³/mol. The van der Waals surface area contributed by atoms with Gasteiger partial charge in [0.2, 0.25) is 0 Å². The maximum atomic E-state index is 12.4. The van der Waals surface area contributed by atoms with E-state index in [1.54, 1.807) is 0 Å². The normalized spacial score (nSPS) is 11.5. The minimum Gasteiger partial charge on any atom is -0.295 e. The third kappa shape index (κ3) is 1.80. The highest BCUT2D eigenvalue weighted by Crippen LogP contribution is 2.27. The summed E-state index contributed by atoms with van der Waals surface area (Å²) in [6, 6.07) is 0. The molecule has 1 aromatic heterocycles. The number of halogens is 2. The van der Waals surface area contributed by atoms with Crippen molar-refractivity contribution >= 4 is 17.6 Å². The van der Waals surface area contributed by atoms with Gasteiger partial charge in [-0.1, -0.05) is 0 Å². The summed E-state index contributed by atoms with van der Waals surface area (Å²) < 4.78 is 24.9. The van der Waals surface area contributed by atoms with Gasteiger partial charge in [0.1, 0.15) is 5.69 Å². The number of carbonyl (C=O) groups is 1. The molecule has 2 nitrogen and oxygen atoms in total. The van der Waals surface area contributed by atoms with Crippen LogP contribution in [0.2, 0.25) is 0 Å². The second kappa shape index (κ2) is 2.65. The van der Waals surface area contributed by atoms with Crippen LogP contribution in [0.25, 0.3) is 0 Å². The molecule has 11 heavy (non-hydrogen) atoms. The molecule has 60 valence electrons. The van der Waals surface area contributed by atoms with Gasteiger partial charge in [-0.25, -0.2) is 4.98 Å². The summed E-state index contributed by atoms with van der Waals surface area (Å²) in [6.07, 6.45) is 0.458. The lowest BCUT2D eigenvalue weighted by atomic mass is 10.3. The Hall–Kier alpha value is -0.840. The molecule has 1 heterocycles. The van der Waals surface area contributed by atoms with E-state index in [2.05, 4.69) is 4.98 Å². The summed E-state index contributed by atoms with van der Waals surface area (Å²) in [4.78, 5) is 13.5. The monoisotopic (exact) mass is 177 g/mol. The molecule has 0 radical (unpaired) electrons. The van der Waals surface area contributed by atoms with Crippen LogP contribution in [-0.2, 0) is 5.92 Å². The van der Waals surface area contributed by atoms with Crippen molar-refractivity contribution in [1.29, 1.82) is 0 Å². The van der Waals surface area contributed by atoms with Gasteiger partial charge in [0, 0.05) is 12.3 Å². The van der Waals surface area contributed by atoms with Gasteiger partial charge in [-0.05, 0) is 0 Å². The second-order valence-electron chi connectivity index (χ2n) is 2.08. The quantitative estimate of drug-likeness (QED) is 0.647. The Bertz CT molecular complexity index is 266. The molecule has 0 fully saturated rings. The molecule has 1 aromatic rings. The molecule has 0 bridgehead atoms. The van der Waals surface area contributed by atoms with Gasteiger partial charge >= 0.3 is 0 Å². The number of thiazole rings is 1. The lowest BCUT2D eigenvalue weighted by Gasteiger charge is -2.03. The molecule has 5 heteroatoms. The summed E-state index contributed by atoms with van der Waals surface area (Å²) in [5.41, 5.74) is -0.343. The van der Waals surface area contributed by atoms with Crippen molar-refractivity contribution in [2.24, 2.45) is 0 Å². The van der Waals surface area contributed by atoms with Gasteiger partial charge in [0.25, 0.3) is 5.92 Å². The van der Waals surface area contributed by atoms with E-state index in [1.807, 2.05) is 0 Å². The molecular formula is C6H5F2NOS. The maximum absolute atomic E-state index is 12.4. The van der Waals surface area contributed by atoms with E-state index in [0.717, 1.165) is 18.3 Å². The first kappa shape index (κ1) is 8.26. The van der Waals surface area contributed by atoms with Crippen LogP contribution < -0.4 is 0 Å². The highest BCUT2D eigenvalue weighted by molar-refractivity contribution is 7.11. The first-order chi connectivity index (χ1) is 5.04. The average Bonchev–Trinajstić information content (AvgIpc) is 2.32. The molecule has 0 aliphatic carbocycles. The zero-order valence-corrected chi connectivity index (χ0v) is 6.49. The fraction of sp³-hybridized carbons (Fsp3) is 0.333. The maximum Gasteiger partial charge on any atom is 0.287 e. The lowest BCUT2D eigenvalue weighted by molar-refractivity contribution is 0.0133. The van der Waals surface area contributed by atoms with Crippen LogP contribution in [0.15, 0.2) is 5.38 Å². The molecule has 0 saturated carbocycles. The van der Waals surface area contributed by atoms with Crippen LogP contribution in [0.5, 0.6) is 0 Å². The van der Waals surface area contributed by atoms with Crippen molar-refractivity contribution in [3.8, 4) is 0 Å². The number of hydrogen-bond acceptors (Lipinski definition) is 3. The number of aromatic nitrogens is 1. The van der Waals surface area contributed by atoms with Gasteiger partial charge in [0.05, 0.1) is 0 Å². The molecule has 0 aromatic carbocycles. The Labute approximate surface area is 65.9 Å². The molecule has 0 spiro atoms. The Morgan fingerprint density at radius 2 is 2.36 bits per heavy atom. The molecule has 0 saturated heterocycles. The lowest BCUT2D eigenvalue weighted by Crippen LogP contribution is -2.07. The molecule has 1 rings (SSSR count). The summed E-state index contributed by atoms with van der Waals surface area (Å²) in [7, 11) is 0. The Kier molecular flexibility index (Phi) is 1.99. The third-order valence-electron chi connectivity index (χ3n) is 1.07. The first-order valence-corrected chi connectivity index (χ1v) is 3.71. The van der Waals surface area contributed by atoms with Gasteiger partial charge in [0.15, 0.2) is 11.3 Å². The van der Waals surface area contributed by atoms with Crippen molar-refractivity contribution in [3.05, 3.63) is 16.1 Å². The number of rotatable bonds is 2. The van der Waals surface area contributed by atoms with Crippen molar-refractivity contribution in [2.75, 3.05) is 0 Å². The van der Waals surface area contributed by atoms with Crippen LogP contribution >= 0.6 is 11.3 Å². The fourth-order valence-electron chi connectivity index (χ4n) is 0.543. The number of hydrogen-bond donors (Lipinski definition) is 0. The molecule has 0 atom stereocenters. The molecular weight excluding hydrogens is 172 g/mol. The van der Waals surface area contributed by atoms with E-state index in [9.17, 15) is 13.6 Å². The minimum absolute atomic E-state index is 0.0847. The molecule has 0 aliphatic rings. The number of alkyl halides is 2. The van der Waals surface area contributed by atoms with E-state index < -0.39 is 5.92 Å². The summed E-state index contributed by atoms with van der Waals surface area (Å²) in [6.45, 7) is 0.747. The van der Waals surface area contributed by atoms with Crippen molar-refractivity contribution in [3.63, 3.8) is 0 Å². The van der Waals surface area contributed by atoms with Crippen molar-refractivity contribution in [1.82, 2.24) is 4.98 Å². The standard InChI is InChI=1S/C6H5F2NOS/c1-6(7,8)4-3-11-5(2-10)9-4/h2-3H,1H3. The SMILES string of the molecule is CC(F)(F)c1csc(C=O)n1. The van der Waals surface area contributed by atoms with E-state index in [4.69, 9.17) is 0 Å². The van der Waals surface area contributed by atoms with Crippen LogP contribution in [0.1, 0.15) is 22.4 Å². The first-order valence-electron chi connectivity index (χ1n) is 2.83. The van der Waals surface area contributed by atoms with E-state index in [-0.39, 0.29) is 10.7 Å². The minimum atomic E-state index is -2.95. The zero-order valence-electron chi connectivity index (χ0n) is 5.67. The molecule has 0 amide bonds. The Morgan fingerprint density at radius 3 is 2.64 bits per heavy atom.